The van der Waals surface area contributed by atoms with Crippen LogP contribution in [0.5, 0.6) is 0 Å². The molecule has 154 valence electrons. The van der Waals surface area contributed by atoms with E-state index in [4.69, 9.17) is 0 Å². The molecule has 0 spiro atoms. The molecule has 2 N–H and O–H groups in total. The summed E-state index contributed by atoms with van der Waals surface area (Å²) in [5, 5.41) is 7.52. The first-order valence-corrected chi connectivity index (χ1v) is 11.2. The van der Waals surface area contributed by atoms with Gasteiger partial charge >= 0.3 is 0 Å². The Morgan fingerprint density at radius 2 is 1.90 bits per heavy atom. The minimum Gasteiger partial charge on any atom is -0.366 e. The van der Waals surface area contributed by atoms with Gasteiger partial charge in [0.2, 0.25) is 10.0 Å². The maximum Gasteiger partial charge on any atom is 0.242 e. The van der Waals surface area contributed by atoms with E-state index in [9.17, 15) is 8.42 Å². The van der Waals surface area contributed by atoms with E-state index < -0.39 is 10.0 Å². The van der Waals surface area contributed by atoms with Crippen LogP contribution >= 0.6 is 0 Å². The fourth-order valence-electron chi connectivity index (χ4n) is 3.11. The number of hydrogen-bond donors (Lipinski definition) is 2. The second-order valence-corrected chi connectivity index (χ2v) is 8.73. The molecule has 3 aromatic rings. The SMILES string of the molecule is CCCC(C)NS(=O)(=O)c1ccc(NCc2ccccc2Cn2cccn2)nc1. The summed E-state index contributed by atoms with van der Waals surface area (Å²) in [6.07, 6.45) is 6.80. The molecule has 29 heavy (non-hydrogen) atoms. The normalized spacial score (nSPS) is 12.6. The zero-order chi connectivity index (χ0) is 20.7. The first-order chi connectivity index (χ1) is 14.0. The molecular formula is C21H27N5O2S. The summed E-state index contributed by atoms with van der Waals surface area (Å²) >= 11 is 0. The number of anilines is 1. The van der Waals surface area contributed by atoms with E-state index in [0.29, 0.717) is 18.9 Å². The maximum atomic E-state index is 12.4. The van der Waals surface area contributed by atoms with Crippen molar-refractivity contribution in [2.45, 2.75) is 50.7 Å². The first-order valence-electron chi connectivity index (χ1n) is 9.74. The Labute approximate surface area is 172 Å². The topological polar surface area (TPSA) is 88.9 Å². The average Bonchev–Trinajstić information content (AvgIpc) is 3.20. The smallest absolute Gasteiger partial charge is 0.242 e. The first kappa shape index (κ1) is 21.0. The lowest BCUT2D eigenvalue weighted by atomic mass is 10.1. The van der Waals surface area contributed by atoms with Gasteiger partial charge in [0.05, 0.1) is 6.54 Å². The summed E-state index contributed by atoms with van der Waals surface area (Å²) in [7, 11) is -3.55. The van der Waals surface area contributed by atoms with Crippen molar-refractivity contribution in [1.82, 2.24) is 19.5 Å². The van der Waals surface area contributed by atoms with Gasteiger partial charge in [-0.05, 0) is 42.7 Å². The lowest BCUT2D eigenvalue weighted by Crippen LogP contribution is -2.32. The molecule has 0 aliphatic carbocycles. The van der Waals surface area contributed by atoms with Crippen LogP contribution < -0.4 is 10.0 Å². The van der Waals surface area contributed by atoms with E-state index in [1.165, 1.54) is 6.20 Å². The van der Waals surface area contributed by atoms with Crippen LogP contribution in [0.25, 0.3) is 0 Å². The summed E-state index contributed by atoms with van der Waals surface area (Å²) < 4.78 is 29.4. The molecule has 1 atom stereocenters. The Kier molecular flexibility index (Phi) is 7.00. The fraction of sp³-hybridized carbons (Fsp3) is 0.333. The number of nitrogens with one attached hydrogen (secondary N) is 2. The van der Waals surface area contributed by atoms with Crippen LogP contribution in [-0.2, 0) is 23.1 Å². The molecule has 0 saturated carbocycles. The summed E-state index contributed by atoms with van der Waals surface area (Å²) in [6, 6.07) is 13.2. The van der Waals surface area contributed by atoms with Gasteiger partial charge in [-0.2, -0.15) is 5.10 Å². The van der Waals surface area contributed by atoms with Crippen LogP contribution in [0, 0.1) is 0 Å². The van der Waals surface area contributed by atoms with Crippen molar-refractivity contribution in [2.24, 2.45) is 0 Å². The van der Waals surface area contributed by atoms with Crippen molar-refractivity contribution in [1.29, 1.82) is 0 Å². The molecular weight excluding hydrogens is 386 g/mol. The molecule has 7 nitrogen and oxygen atoms in total. The Morgan fingerprint density at radius 3 is 2.55 bits per heavy atom. The second kappa shape index (κ2) is 9.67. The van der Waals surface area contributed by atoms with Gasteiger partial charge in [-0.3, -0.25) is 4.68 Å². The minimum atomic E-state index is -3.55. The van der Waals surface area contributed by atoms with E-state index in [-0.39, 0.29) is 10.9 Å². The average molecular weight is 414 g/mol. The molecule has 2 heterocycles. The molecule has 1 aromatic carbocycles. The number of aromatic nitrogens is 3. The summed E-state index contributed by atoms with van der Waals surface area (Å²) in [4.78, 5) is 4.44. The van der Waals surface area contributed by atoms with Crippen LogP contribution in [0.2, 0.25) is 0 Å². The van der Waals surface area contributed by atoms with Crippen LogP contribution in [0.15, 0.2) is 66.0 Å². The Hall–Kier alpha value is -2.71. The molecule has 0 aliphatic rings. The zero-order valence-electron chi connectivity index (χ0n) is 16.7. The minimum absolute atomic E-state index is 0.103. The highest BCUT2D eigenvalue weighted by Crippen LogP contribution is 2.15. The molecule has 0 saturated heterocycles. The third-order valence-corrected chi connectivity index (χ3v) is 6.17. The highest BCUT2D eigenvalue weighted by molar-refractivity contribution is 7.89. The van der Waals surface area contributed by atoms with Crippen LogP contribution in [-0.4, -0.2) is 29.2 Å². The summed E-state index contributed by atoms with van der Waals surface area (Å²) in [6.45, 7) is 5.17. The molecule has 0 radical (unpaired) electrons. The van der Waals surface area contributed by atoms with Gasteiger partial charge in [0.1, 0.15) is 10.7 Å². The molecule has 0 fully saturated rings. The van der Waals surface area contributed by atoms with Gasteiger partial charge in [-0.25, -0.2) is 18.1 Å². The van der Waals surface area contributed by atoms with E-state index in [1.54, 1.807) is 18.3 Å². The summed E-state index contributed by atoms with van der Waals surface area (Å²) in [5.41, 5.74) is 2.30. The van der Waals surface area contributed by atoms with Gasteiger partial charge in [-0.1, -0.05) is 37.6 Å². The molecule has 0 bridgehead atoms. The van der Waals surface area contributed by atoms with Gasteiger partial charge in [-0.15, -0.1) is 0 Å². The molecule has 8 heteroatoms. The number of rotatable bonds is 10. The molecule has 2 aromatic heterocycles. The third kappa shape index (κ3) is 5.88. The summed E-state index contributed by atoms with van der Waals surface area (Å²) in [5.74, 6) is 0.624. The fourth-order valence-corrected chi connectivity index (χ4v) is 4.33. The number of benzene rings is 1. The van der Waals surface area contributed by atoms with Gasteiger partial charge in [0.25, 0.3) is 0 Å². The Morgan fingerprint density at radius 1 is 1.10 bits per heavy atom. The van der Waals surface area contributed by atoms with E-state index in [2.05, 4.69) is 32.3 Å². The third-order valence-electron chi connectivity index (χ3n) is 4.59. The predicted octanol–water partition coefficient (Wildman–Crippen LogP) is 3.41. The van der Waals surface area contributed by atoms with E-state index in [1.807, 2.05) is 42.9 Å². The lowest BCUT2D eigenvalue weighted by molar-refractivity contribution is 0.543. The van der Waals surface area contributed by atoms with Crippen molar-refractivity contribution < 1.29 is 8.42 Å². The molecule has 3 rings (SSSR count). The van der Waals surface area contributed by atoms with Crippen molar-refractivity contribution in [2.75, 3.05) is 5.32 Å². The predicted molar refractivity (Wildman–Crippen MR) is 114 cm³/mol. The van der Waals surface area contributed by atoms with Crippen molar-refractivity contribution in [3.8, 4) is 0 Å². The van der Waals surface area contributed by atoms with Crippen LogP contribution in [0.3, 0.4) is 0 Å². The number of nitrogens with zero attached hydrogens (tertiary/aromatic N) is 3. The second-order valence-electron chi connectivity index (χ2n) is 7.02. The maximum absolute atomic E-state index is 12.4. The number of sulfonamides is 1. The molecule has 1 unspecified atom stereocenters. The van der Waals surface area contributed by atoms with Gasteiger partial charge in [0.15, 0.2) is 0 Å². The van der Waals surface area contributed by atoms with Crippen molar-refractivity contribution >= 4 is 15.8 Å². The number of hydrogen-bond acceptors (Lipinski definition) is 5. The Balaban J connectivity index is 1.64. The lowest BCUT2D eigenvalue weighted by Gasteiger charge is -2.14. The van der Waals surface area contributed by atoms with Crippen LogP contribution in [0.1, 0.15) is 37.8 Å². The monoisotopic (exact) mass is 413 g/mol. The highest BCUT2D eigenvalue weighted by atomic mass is 32.2. The number of pyridine rings is 1. The Bertz CT molecular complexity index is 1000. The van der Waals surface area contributed by atoms with Crippen molar-refractivity contribution in [3.05, 3.63) is 72.2 Å². The van der Waals surface area contributed by atoms with E-state index >= 15 is 0 Å². The van der Waals surface area contributed by atoms with Gasteiger partial charge < -0.3 is 5.32 Å². The standard InChI is InChI=1S/C21H27N5O2S/c1-3-7-17(2)25-29(27,28)20-10-11-21(23-15-20)22-14-18-8-4-5-9-19(18)16-26-13-6-12-24-26/h4-6,8-13,15,17,25H,3,7,14,16H2,1-2H3,(H,22,23). The highest BCUT2D eigenvalue weighted by Gasteiger charge is 2.17. The van der Waals surface area contributed by atoms with Crippen molar-refractivity contribution in [3.63, 3.8) is 0 Å². The molecule has 0 aliphatic heterocycles. The quantitative estimate of drug-likeness (QED) is 0.532. The molecule has 0 amide bonds. The van der Waals surface area contributed by atoms with Gasteiger partial charge in [0, 0.05) is 31.2 Å². The van der Waals surface area contributed by atoms with Crippen LogP contribution in [0.4, 0.5) is 5.82 Å². The largest absolute Gasteiger partial charge is 0.366 e. The zero-order valence-corrected chi connectivity index (χ0v) is 17.6. The van der Waals surface area contributed by atoms with E-state index in [0.717, 1.165) is 24.0 Å².